The van der Waals surface area contributed by atoms with Gasteiger partial charge >= 0.3 is 0 Å². The third kappa shape index (κ3) is 4.98. The van der Waals surface area contributed by atoms with Gasteiger partial charge in [0.05, 0.1) is 17.8 Å². The first kappa shape index (κ1) is 20.1. The van der Waals surface area contributed by atoms with Gasteiger partial charge in [-0.25, -0.2) is 0 Å². The van der Waals surface area contributed by atoms with E-state index in [1.54, 1.807) is 30.1 Å². The van der Waals surface area contributed by atoms with Crippen LogP contribution >= 0.6 is 11.6 Å². The lowest BCUT2D eigenvalue weighted by atomic mass is 10.3. The zero-order valence-corrected chi connectivity index (χ0v) is 16.9. The SMILES string of the molecule is CN=C(NCC(C)Oc1ccccc1Cl)N1CCN(C(=O)c2ccco2)CC1. The van der Waals surface area contributed by atoms with Gasteiger partial charge < -0.3 is 24.3 Å². The largest absolute Gasteiger partial charge is 0.487 e. The van der Waals surface area contributed by atoms with E-state index < -0.39 is 0 Å². The Kier molecular flexibility index (Phi) is 6.81. The third-order valence-corrected chi connectivity index (χ3v) is 4.83. The molecule has 1 saturated heterocycles. The Hall–Kier alpha value is -2.67. The molecule has 0 bridgehead atoms. The van der Waals surface area contributed by atoms with E-state index in [0.717, 1.165) is 5.96 Å². The van der Waals surface area contributed by atoms with Crippen molar-refractivity contribution >= 4 is 23.5 Å². The highest BCUT2D eigenvalue weighted by Crippen LogP contribution is 2.24. The summed E-state index contributed by atoms with van der Waals surface area (Å²) in [6.07, 6.45) is 1.43. The zero-order chi connectivity index (χ0) is 19.9. The van der Waals surface area contributed by atoms with Gasteiger partial charge in [0.1, 0.15) is 11.9 Å². The van der Waals surface area contributed by atoms with Gasteiger partial charge in [0.2, 0.25) is 0 Å². The van der Waals surface area contributed by atoms with E-state index in [1.165, 1.54) is 6.26 Å². The number of amides is 1. The predicted molar refractivity (Wildman–Crippen MR) is 109 cm³/mol. The summed E-state index contributed by atoms with van der Waals surface area (Å²) in [5.74, 6) is 1.76. The Balaban J connectivity index is 1.47. The van der Waals surface area contributed by atoms with Crippen molar-refractivity contribution in [2.45, 2.75) is 13.0 Å². The Bertz CT molecular complexity index is 802. The molecule has 28 heavy (non-hydrogen) atoms. The fraction of sp³-hybridized carbons (Fsp3) is 0.400. The molecule has 1 N–H and O–H groups in total. The van der Waals surface area contributed by atoms with Gasteiger partial charge in [-0.3, -0.25) is 9.79 Å². The van der Waals surface area contributed by atoms with E-state index in [4.69, 9.17) is 20.8 Å². The highest BCUT2D eigenvalue weighted by atomic mass is 35.5. The van der Waals surface area contributed by atoms with Crippen LogP contribution in [0.1, 0.15) is 17.5 Å². The van der Waals surface area contributed by atoms with Crippen LogP contribution in [-0.2, 0) is 0 Å². The molecule has 1 aromatic carbocycles. The number of hydrogen-bond acceptors (Lipinski definition) is 4. The van der Waals surface area contributed by atoms with Crippen molar-refractivity contribution in [3.63, 3.8) is 0 Å². The molecule has 1 fully saturated rings. The summed E-state index contributed by atoms with van der Waals surface area (Å²) in [6.45, 7) is 5.20. The molecule has 0 radical (unpaired) electrons. The van der Waals surface area contributed by atoms with Crippen molar-refractivity contribution in [3.05, 3.63) is 53.4 Å². The van der Waals surface area contributed by atoms with Gasteiger partial charge in [0, 0.05) is 33.2 Å². The van der Waals surface area contributed by atoms with Crippen molar-refractivity contribution in [3.8, 4) is 5.75 Å². The first-order chi connectivity index (χ1) is 13.6. The molecule has 3 rings (SSSR count). The summed E-state index contributed by atoms with van der Waals surface area (Å²) in [5.41, 5.74) is 0. The van der Waals surface area contributed by atoms with Gasteiger partial charge in [-0.05, 0) is 31.2 Å². The summed E-state index contributed by atoms with van der Waals surface area (Å²) >= 11 is 6.14. The van der Waals surface area contributed by atoms with E-state index in [0.29, 0.717) is 49.3 Å². The van der Waals surface area contributed by atoms with Crippen LogP contribution in [0.25, 0.3) is 0 Å². The van der Waals surface area contributed by atoms with Crippen LogP contribution in [0.5, 0.6) is 5.75 Å². The van der Waals surface area contributed by atoms with Crippen molar-refractivity contribution in [2.75, 3.05) is 39.8 Å². The standard InChI is InChI=1S/C20H25ClN4O3/c1-15(28-17-7-4-3-6-16(17)21)14-23-20(22-2)25-11-9-24(10-12-25)19(26)18-8-5-13-27-18/h3-8,13,15H,9-12,14H2,1-2H3,(H,22,23). The summed E-state index contributed by atoms with van der Waals surface area (Å²) in [7, 11) is 1.75. The lowest BCUT2D eigenvalue weighted by Crippen LogP contribution is -2.54. The number of rotatable bonds is 5. The summed E-state index contributed by atoms with van der Waals surface area (Å²) in [6, 6.07) is 10.8. The molecule has 1 aliphatic rings. The highest BCUT2D eigenvalue weighted by molar-refractivity contribution is 6.32. The van der Waals surface area contributed by atoms with E-state index in [2.05, 4.69) is 15.2 Å². The van der Waals surface area contributed by atoms with Crippen molar-refractivity contribution < 1.29 is 13.9 Å². The maximum absolute atomic E-state index is 12.4. The molecule has 1 unspecified atom stereocenters. The monoisotopic (exact) mass is 404 g/mol. The number of furan rings is 1. The molecule has 2 aromatic rings. The van der Waals surface area contributed by atoms with Crippen molar-refractivity contribution in [1.29, 1.82) is 0 Å². The Morgan fingerprint density at radius 3 is 2.57 bits per heavy atom. The molecule has 150 valence electrons. The molecule has 1 aromatic heterocycles. The molecule has 2 heterocycles. The third-order valence-electron chi connectivity index (χ3n) is 4.52. The second-order valence-electron chi connectivity index (χ2n) is 6.54. The minimum Gasteiger partial charge on any atom is -0.487 e. The van der Waals surface area contributed by atoms with E-state index in [-0.39, 0.29) is 12.0 Å². The number of nitrogens with zero attached hydrogens (tertiary/aromatic N) is 3. The van der Waals surface area contributed by atoms with Crippen LogP contribution in [0.2, 0.25) is 5.02 Å². The Morgan fingerprint density at radius 2 is 1.93 bits per heavy atom. The quantitative estimate of drug-likeness (QED) is 0.613. The van der Waals surface area contributed by atoms with E-state index >= 15 is 0 Å². The van der Waals surface area contributed by atoms with Crippen LogP contribution in [0.15, 0.2) is 52.1 Å². The summed E-state index contributed by atoms with van der Waals surface area (Å²) in [5, 5.41) is 3.93. The smallest absolute Gasteiger partial charge is 0.289 e. The molecule has 0 saturated carbocycles. The fourth-order valence-corrected chi connectivity index (χ4v) is 3.22. The number of carbonyl (C=O) groups is 1. The zero-order valence-electron chi connectivity index (χ0n) is 16.1. The maximum atomic E-state index is 12.4. The molecule has 1 atom stereocenters. The predicted octanol–water partition coefficient (Wildman–Crippen LogP) is 2.73. The molecular weight excluding hydrogens is 380 g/mol. The summed E-state index contributed by atoms with van der Waals surface area (Å²) < 4.78 is 11.1. The number of halogens is 1. The van der Waals surface area contributed by atoms with E-state index in [1.807, 2.05) is 25.1 Å². The van der Waals surface area contributed by atoms with Gasteiger partial charge in [0.15, 0.2) is 11.7 Å². The van der Waals surface area contributed by atoms with Crippen LogP contribution < -0.4 is 10.1 Å². The van der Waals surface area contributed by atoms with Crippen LogP contribution in [-0.4, -0.2) is 67.5 Å². The molecule has 8 heteroatoms. The van der Waals surface area contributed by atoms with Crippen molar-refractivity contribution in [1.82, 2.24) is 15.1 Å². The number of nitrogens with one attached hydrogen (secondary N) is 1. The number of hydrogen-bond donors (Lipinski definition) is 1. The van der Waals surface area contributed by atoms with Gasteiger partial charge in [-0.2, -0.15) is 0 Å². The summed E-state index contributed by atoms with van der Waals surface area (Å²) in [4.78, 5) is 20.6. The normalized spacial score (nSPS) is 16.0. The molecular formula is C20H25ClN4O3. The number of carbonyl (C=O) groups excluding carboxylic acids is 1. The molecule has 1 amide bonds. The molecule has 1 aliphatic heterocycles. The first-order valence-corrected chi connectivity index (χ1v) is 9.66. The number of ether oxygens (including phenoxy) is 1. The minimum atomic E-state index is -0.0848. The average molecular weight is 405 g/mol. The van der Waals surface area contributed by atoms with Gasteiger partial charge in [0.25, 0.3) is 5.91 Å². The van der Waals surface area contributed by atoms with Gasteiger partial charge in [-0.15, -0.1) is 0 Å². The fourth-order valence-electron chi connectivity index (χ4n) is 3.04. The number of guanidine groups is 1. The highest BCUT2D eigenvalue weighted by Gasteiger charge is 2.25. The van der Waals surface area contributed by atoms with E-state index in [9.17, 15) is 4.79 Å². The lowest BCUT2D eigenvalue weighted by Gasteiger charge is -2.36. The average Bonchev–Trinajstić information content (AvgIpc) is 3.25. The molecule has 7 nitrogen and oxygen atoms in total. The molecule has 0 spiro atoms. The first-order valence-electron chi connectivity index (χ1n) is 9.28. The van der Waals surface area contributed by atoms with Crippen molar-refractivity contribution in [2.24, 2.45) is 4.99 Å². The maximum Gasteiger partial charge on any atom is 0.289 e. The number of aliphatic imine (C=N–C) groups is 1. The Morgan fingerprint density at radius 1 is 1.21 bits per heavy atom. The van der Waals surface area contributed by atoms with Crippen LogP contribution in [0, 0.1) is 0 Å². The second kappa shape index (κ2) is 9.50. The second-order valence-corrected chi connectivity index (χ2v) is 6.95. The van der Waals surface area contributed by atoms with Crippen LogP contribution in [0.4, 0.5) is 0 Å². The topological polar surface area (TPSA) is 70.3 Å². The minimum absolute atomic E-state index is 0.0747. The Labute approximate surface area is 169 Å². The number of piperazine rings is 1. The number of para-hydroxylation sites is 1. The molecule has 0 aliphatic carbocycles. The van der Waals surface area contributed by atoms with Gasteiger partial charge in [-0.1, -0.05) is 23.7 Å². The number of benzene rings is 1. The van der Waals surface area contributed by atoms with Crippen LogP contribution in [0.3, 0.4) is 0 Å². The lowest BCUT2D eigenvalue weighted by molar-refractivity contribution is 0.0657.